The van der Waals surface area contributed by atoms with Crippen LogP contribution in [-0.4, -0.2) is 11.6 Å². The molecule has 1 rings (SSSR count). The van der Waals surface area contributed by atoms with Crippen LogP contribution in [0.2, 0.25) is 0 Å². The summed E-state index contributed by atoms with van der Waals surface area (Å²) < 4.78 is 6.29. The summed E-state index contributed by atoms with van der Waals surface area (Å²) in [4.78, 5) is 4.04. The fourth-order valence-corrected chi connectivity index (χ4v) is 1.40. The lowest BCUT2D eigenvalue weighted by Crippen LogP contribution is -1.99. The maximum atomic E-state index is 5.43. The Kier molecular flexibility index (Phi) is 3.69. The average molecular weight is 230 g/mol. The van der Waals surface area contributed by atoms with Gasteiger partial charge in [-0.15, -0.1) is 0 Å². The Morgan fingerprint density at radius 3 is 3.00 bits per heavy atom. The highest BCUT2D eigenvalue weighted by atomic mass is 79.9. The largest absolute Gasteiger partial charge is 0.374 e. The van der Waals surface area contributed by atoms with Gasteiger partial charge in [0.05, 0.1) is 6.10 Å². The van der Waals surface area contributed by atoms with Crippen LogP contribution in [0, 0.1) is 0 Å². The first kappa shape index (κ1) is 9.68. The zero-order valence-electron chi connectivity index (χ0n) is 7.25. The normalized spacial score (nSPS) is 12.9. The molecule has 0 spiro atoms. The molecule has 0 aromatic carbocycles. The van der Waals surface area contributed by atoms with Crippen molar-refractivity contribution < 1.29 is 4.74 Å². The van der Waals surface area contributed by atoms with Gasteiger partial charge in [0.1, 0.15) is 4.60 Å². The Hall–Kier alpha value is -0.410. The minimum absolute atomic E-state index is 0.147. The number of halogens is 1. The van der Waals surface area contributed by atoms with Crippen LogP contribution in [-0.2, 0) is 4.74 Å². The molecule has 1 atom stereocenters. The average Bonchev–Trinajstić information content (AvgIpc) is 2.05. The first-order valence-corrected chi connectivity index (χ1v) is 4.76. The van der Waals surface area contributed by atoms with Crippen molar-refractivity contribution in [3.63, 3.8) is 0 Å². The lowest BCUT2D eigenvalue weighted by atomic mass is 10.2. The van der Waals surface area contributed by atoms with E-state index in [0.29, 0.717) is 0 Å². The van der Waals surface area contributed by atoms with Crippen LogP contribution in [0.5, 0.6) is 0 Å². The summed E-state index contributed by atoms with van der Waals surface area (Å²) in [6.45, 7) is 4.76. The Morgan fingerprint density at radius 2 is 2.42 bits per heavy atom. The van der Waals surface area contributed by atoms with Crippen LogP contribution >= 0.6 is 15.9 Å². The Bertz CT molecular complexity index is 252. The van der Waals surface area contributed by atoms with Crippen molar-refractivity contribution in [3.8, 4) is 0 Å². The molecule has 0 saturated carbocycles. The smallest absolute Gasteiger partial charge is 0.106 e. The number of hydrogen-bond donors (Lipinski definition) is 0. The van der Waals surface area contributed by atoms with Gasteiger partial charge in [0.15, 0.2) is 0 Å². The van der Waals surface area contributed by atoms with Gasteiger partial charge in [-0.1, -0.05) is 0 Å². The quantitative estimate of drug-likeness (QED) is 0.744. The molecule has 1 unspecified atom stereocenters. The van der Waals surface area contributed by atoms with E-state index >= 15 is 0 Å². The summed E-state index contributed by atoms with van der Waals surface area (Å²) in [5.41, 5.74) is 1.15. The van der Waals surface area contributed by atoms with E-state index in [1.165, 1.54) is 0 Å². The first-order chi connectivity index (χ1) is 5.74. The van der Waals surface area contributed by atoms with Gasteiger partial charge >= 0.3 is 0 Å². The molecule has 1 heterocycles. The van der Waals surface area contributed by atoms with Gasteiger partial charge in [-0.2, -0.15) is 0 Å². The van der Waals surface area contributed by atoms with E-state index in [4.69, 9.17) is 4.74 Å². The van der Waals surface area contributed by atoms with Crippen LogP contribution in [0.3, 0.4) is 0 Å². The van der Waals surface area contributed by atoms with E-state index in [0.717, 1.165) is 16.8 Å². The number of rotatable bonds is 3. The predicted molar refractivity (Wildman–Crippen MR) is 52.0 cm³/mol. The summed E-state index contributed by atoms with van der Waals surface area (Å²) in [6.07, 6.45) is 1.92. The third-order valence-electron chi connectivity index (χ3n) is 1.64. The second-order valence-electron chi connectivity index (χ2n) is 2.51. The van der Waals surface area contributed by atoms with E-state index in [2.05, 4.69) is 20.9 Å². The minimum Gasteiger partial charge on any atom is -0.374 e. The zero-order chi connectivity index (χ0) is 8.97. The predicted octanol–water partition coefficient (Wildman–Crippen LogP) is 2.94. The third-order valence-corrected chi connectivity index (χ3v) is 2.07. The van der Waals surface area contributed by atoms with E-state index in [1.54, 1.807) is 6.20 Å². The number of pyridine rings is 1. The Morgan fingerprint density at radius 1 is 1.67 bits per heavy atom. The summed E-state index contributed by atoms with van der Waals surface area (Å²) >= 11 is 3.31. The first-order valence-electron chi connectivity index (χ1n) is 3.97. The molecule has 12 heavy (non-hydrogen) atoms. The fourth-order valence-electron chi connectivity index (χ4n) is 1.02. The topological polar surface area (TPSA) is 22.1 Å². The third kappa shape index (κ3) is 2.57. The highest BCUT2D eigenvalue weighted by Gasteiger charge is 2.04. The highest BCUT2D eigenvalue weighted by Crippen LogP contribution is 2.18. The second-order valence-corrected chi connectivity index (χ2v) is 3.32. The SMILES string of the molecule is CCOC(C)c1ccnc(Br)c1. The minimum atomic E-state index is 0.147. The van der Waals surface area contributed by atoms with Crippen molar-refractivity contribution in [2.24, 2.45) is 0 Å². The van der Waals surface area contributed by atoms with Crippen molar-refractivity contribution in [1.82, 2.24) is 4.98 Å². The molecule has 66 valence electrons. The number of hydrogen-bond acceptors (Lipinski definition) is 2. The van der Waals surface area contributed by atoms with Crippen LogP contribution in [0.15, 0.2) is 22.9 Å². The maximum Gasteiger partial charge on any atom is 0.106 e. The van der Waals surface area contributed by atoms with Crippen LogP contribution in [0.4, 0.5) is 0 Å². The van der Waals surface area contributed by atoms with Crippen molar-refractivity contribution in [1.29, 1.82) is 0 Å². The van der Waals surface area contributed by atoms with Gasteiger partial charge < -0.3 is 4.74 Å². The Balaban J connectivity index is 2.73. The lowest BCUT2D eigenvalue weighted by Gasteiger charge is -2.11. The highest BCUT2D eigenvalue weighted by molar-refractivity contribution is 9.10. The second kappa shape index (κ2) is 4.58. The van der Waals surface area contributed by atoms with Crippen molar-refractivity contribution in [2.75, 3.05) is 6.61 Å². The number of nitrogens with zero attached hydrogens (tertiary/aromatic N) is 1. The zero-order valence-corrected chi connectivity index (χ0v) is 8.84. The van der Waals surface area contributed by atoms with Gasteiger partial charge in [-0.05, 0) is 47.5 Å². The van der Waals surface area contributed by atoms with E-state index in [9.17, 15) is 0 Å². The number of ether oxygens (including phenoxy) is 1. The molecule has 0 aliphatic rings. The molecule has 3 heteroatoms. The van der Waals surface area contributed by atoms with Crippen molar-refractivity contribution in [3.05, 3.63) is 28.5 Å². The van der Waals surface area contributed by atoms with Gasteiger partial charge in [0.25, 0.3) is 0 Å². The summed E-state index contributed by atoms with van der Waals surface area (Å²) in [5.74, 6) is 0. The van der Waals surface area contributed by atoms with Crippen LogP contribution < -0.4 is 0 Å². The summed E-state index contributed by atoms with van der Waals surface area (Å²) in [5, 5.41) is 0. The maximum absolute atomic E-state index is 5.43. The lowest BCUT2D eigenvalue weighted by molar-refractivity contribution is 0.0763. The van der Waals surface area contributed by atoms with Gasteiger partial charge in [0, 0.05) is 12.8 Å². The number of aromatic nitrogens is 1. The van der Waals surface area contributed by atoms with E-state index < -0.39 is 0 Å². The van der Waals surface area contributed by atoms with Crippen molar-refractivity contribution in [2.45, 2.75) is 20.0 Å². The van der Waals surface area contributed by atoms with Crippen LogP contribution in [0.25, 0.3) is 0 Å². The molecule has 0 aliphatic heterocycles. The fraction of sp³-hybridized carbons (Fsp3) is 0.444. The molecule has 0 fully saturated rings. The molecule has 0 aliphatic carbocycles. The molecule has 2 nitrogen and oxygen atoms in total. The molecule has 0 radical (unpaired) electrons. The molecule has 1 aromatic heterocycles. The van der Waals surface area contributed by atoms with E-state index in [-0.39, 0.29) is 6.10 Å². The molecule has 0 N–H and O–H groups in total. The Labute approximate surface area is 81.1 Å². The van der Waals surface area contributed by atoms with Gasteiger partial charge in [0.2, 0.25) is 0 Å². The monoisotopic (exact) mass is 229 g/mol. The molecule has 0 bridgehead atoms. The van der Waals surface area contributed by atoms with Crippen LogP contribution in [0.1, 0.15) is 25.5 Å². The summed E-state index contributed by atoms with van der Waals surface area (Å²) in [6, 6.07) is 3.94. The standard InChI is InChI=1S/C9H12BrNO/c1-3-12-7(2)8-4-5-11-9(10)6-8/h4-7H,3H2,1-2H3. The van der Waals surface area contributed by atoms with E-state index in [1.807, 2.05) is 26.0 Å². The molecular formula is C9H12BrNO. The molecule has 0 saturated heterocycles. The molecule has 0 amide bonds. The van der Waals surface area contributed by atoms with Gasteiger partial charge in [-0.25, -0.2) is 4.98 Å². The molecular weight excluding hydrogens is 218 g/mol. The summed E-state index contributed by atoms with van der Waals surface area (Å²) in [7, 11) is 0. The van der Waals surface area contributed by atoms with Crippen molar-refractivity contribution >= 4 is 15.9 Å². The van der Waals surface area contributed by atoms with Gasteiger partial charge in [-0.3, -0.25) is 0 Å². The molecule has 1 aromatic rings.